The zero-order valence-electron chi connectivity index (χ0n) is 14.2. The van der Waals surface area contributed by atoms with E-state index in [0.717, 1.165) is 22.3 Å². The van der Waals surface area contributed by atoms with Gasteiger partial charge in [0.15, 0.2) is 0 Å². The number of nitrogens with zero attached hydrogens (tertiary/aromatic N) is 5. The molecule has 7 nitrogen and oxygen atoms in total. The average molecular weight is 333 g/mol. The number of aromatic nitrogens is 5. The highest BCUT2D eigenvalue weighted by molar-refractivity contribution is 5.78. The molecule has 0 aromatic carbocycles. The molecule has 0 aliphatic heterocycles. The van der Waals surface area contributed by atoms with Crippen molar-refractivity contribution in [3.63, 3.8) is 0 Å². The van der Waals surface area contributed by atoms with Crippen molar-refractivity contribution >= 4 is 17.0 Å². The second-order valence-electron chi connectivity index (χ2n) is 6.76. The normalized spacial score (nSPS) is 11.8. The van der Waals surface area contributed by atoms with Gasteiger partial charge in [0, 0.05) is 41.1 Å². The maximum Gasteiger partial charge on any atom is 0.322 e. The molecule has 0 aliphatic carbocycles. The van der Waals surface area contributed by atoms with Crippen molar-refractivity contribution in [2.24, 2.45) is 0 Å². The lowest BCUT2D eigenvalue weighted by Crippen LogP contribution is -2.26. The second kappa shape index (κ2) is 5.70. The van der Waals surface area contributed by atoms with E-state index in [-0.39, 0.29) is 5.54 Å². The van der Waals surface area contributed by atoms with Crippen molar-refractivity contribution in [3.8, 4) is 17.1 Å². The molecule has 0 aliphatic rings. The van der Waals surface area contributed by atoms with Crippen LogP contribution in [0.5, 0.6) is 0 Å². The average Bonchev–Trinajstić information content (AvgIpc) is 3.20. The van der Waals surface area contributed by atoms with Gasteiger partial charge in [0.1, 0.15) is 5.65 Å². The number of hydrogen-bond acceptors (Lipinski definition) is 6. The molecule has 1 N–H and O–H groups in total. The lowest BCUT2D eigenvalue weighted by molar-refractivity contribution is 0.420. The molecule has 4 aromatic rings. The highest BCUT2D eigenvalue weighted by Crippen LogP contribution is 2.23. The second-order valence-corrected chi connectivity index (χ2v) is 6.76. The van der Waals surface area contributed by atoms with Gasteiger partial charge in [0.25, 0.3) is 0 Å². The Bertz CT molecular complexity index is 1030. The van der Waals surface area contributed by atoms with E-state index in [1.54, 1.807) is 18.6 Å². The van der Waals surface area contributed by atoms with Crippen LogP contribution in [0, 0.1) is 6.07 Å². The van der Waals surface area contributed by atoms with Crippen LogP contribution in [-0.2, 0) is 0 Å². The Morgan fingerprint density at radius 2 is 2.12 bits per heavy atom. The van der Waals surface area contributed by atoms with Crippen LogP contribution < -0.4 is 5.32 Å². The first-order valence-corrected chi connectivity index (χ1v) is 7.90. The number of fused-ring (bicyclic) bond motifs is 1. The minimum Gasteiger partial charge on any atom is -0.333 e. The van der Waals surface area contributed by atoms with Gasteiger partial charge in [-0.1, -0.05) is 5.16 Å². The Morgan fingerprint density at radius 3 is 2.96 bits per heavy atom. The highest BCUT2D eigenvalue weighted by Gasteiger charge is 2.16. The summed E-state index contributed by atoms with van der Waals surface area (Å²) in [5.74, 6) is 0.485. The van der Waals surface area contributed by atoms with Crippen molar-refractivity contribution in [1.82, 2.24) is 24.7 Å². The largest absolute Gasteiger partial charge is 0.333 e. The van der Waals surface area contributed by atoms with Crippen molar-refractivity contribution in [2.45, 2.75) is 26.3 Å². The molecule has 0 fully saturated rings. The first-order chi connectivity index (χ1) is 12.0. The maximum atomic E-state index is 5.27. The minimum atomic E-state index is -0.156. The van der Waals surface area contributed by atoms with E-state index in [4.69, 9.17) is 4.52 Å². The molecule has 0 saturated carbocycles. The van der Waals surface area contributed by atoms with Crippen LogP contribution in [0.4, 0.5) is 6.01 Å². The zero-order chi connectivity index (χ0) is 17.4. The first-order valence-electron chi connectivity index (χ1n) is 7.90. The quantitative estimate of drug-likeness (QED) is 0.618. The molecule has 0 bridgehead atoms. The topological polar surface area (TPSA) is 81.7 Å². The fourth-order valence-electron chi connectivity index (χ4n) is 2.52. The Hall–Kier alpha value is -3.22. The van der Waals surface area contributed by atoms with Crippen molar-refractivity contribution in [1.29, 1.82) is 0 Å². The molecule has 7 heteroatoms. The Balaban J connectivity index is 1.70. The summed E-state index contributed by atoms with van der Waals surface area (Å²) in [7, 11) is 0. The molecular formula is C18H17N6O. The maximum absolute atomic E-state index is 5.27. The Kier molecular flexibility index (Phi) is 3.49. The van der Waals surface area contributed by atoms with Gasteiger partial charge < -0.3 is 9.84 Å². The molecule has 0 saturated heterocycles. The van der Waals surface area contributed by atoms with Gasteiger partial charge in [-0.05, 0) is 39.0 Å². The number of rotatable bonds is 3. The predicted molar refractivity (Wildman–Crippen MR) is 94.4 cm³/mol. The van der Waals surface area contributed by atoms with Crippen LogP contribution >= 0.6 is 0 Å². The standard InChI is InChI=1S/C18H17N6O/c1-18(2,3)22-17-21-15(23-25-17)13-9-14(11-19-10-13)24-8-6-12-5-4-7-20-16(12)24/h5-11H,1-3H3,(H,21,22,23). The summed E-state index contributed by atoms with van der Waals surface area (Å²) in [6, 6.07) is 9.21. The van der Waals surface area contributed by atoms with Crippen LogP contribution in [0.1, 0.15) is 20.8 Å². The molecule has 4 heterocycles. The smallest absolute Gasteiger partial charge is 0.322 e. The first kappa shape index (κ1) is 15.3. The SMILES string of the molecule is CC(C)(C)Nc1nc(-c2cncc(-n3ccc4c[c]cnc43)c2)no1. The lowest BCUT2D eigenvalue weighted by atomic mass is 10.1. The third-order valence-electron chi connectivity index (χ3n) is 3.56. The van der Waals surface area contributed by atoms with E-state index in [1.807, 2.05) is 49.7 Å². The Morgan fingerprint density at radius 1 is 1.24 bits per heavy atom. The van der Waals surface area contributed by atoms with Crippen molar-refractivity contribution in [2.75, 3.05) is 5.32 Å². The summed E-state index contributed by atoms with van der Waals surface area (Å²) >= 11 is 0. The van der Waals surface area contributed by atoms with E-state index < -0.39 is 0 Å². The molecule has 4 aromatic heterocycles. The molecular weight excluding hydrogens is 316 g/mol. The summed E-state index contributed by atoms with van der Waals surface area (Å²) in [5, 5.41) is 8.21. The van der Waals surface area contributed by atoms with Crippen LogP contribution in [0.3, 0.4) is 0 Å². The minimum absolute atomic E-state index is 0.156. The highest BCUT2D eigenvalue weighted by atomic mass is 16.5. The number of nitrogens with one attached hydrogen (secondary N) is 1. The lowest BCUT2D eigenvalue weighted by Gasteiger charge is -2.17. The molecule has 0 unspecified atom stereocenters. The van der Waals surface area contributed by atoms with Gasteiger partial charge in [0.2, 0.25) is 5.82 Å². The van der Waals surface area contributed by atoms with E-state index in [2.05, 4.69) is 31.5 Å². The summed E-state index contributed by atoms with van der Waals surface area (Å²) in [4.78, 5) is 13.1. The van der Waals surface area contributed by atoms with Crippen LogP contribution in [-0.4, -0.2) is 30.2 Å². The third kappa shape index (κ3) is 3.08. The molecule has 1 radical (unpaired) electrons. The summed E-state index contributed by atoms with van der Waals surface area (Å²) < 4.78 is 7.24. The molecule has 4 rings (SSSR count). The Labute approximate surface area is 144 Å². The molecule has 0 atom stereocenters. The van der Waals surface area contributed by atoms with Crippen LogP contribution in [0.15, 0.2) is 47.5 Å². The monoisotopic (exact) mass is 333 g/mol. The summed E-state index contributed by atoms with van der Waals surface area (Å²) in [6.45, 7) is 6.09. The van der Waals surface area contributed by atoms with Gasteiger partial charge in [-0.15, -0.1) is 0 Å². The summed E-state index contributed by atoms with van der Waals surface area (Å²) in [5.41, 5.74) is 2.34. The van der Waals surface area contributed by atoms with Gasteiger partial charge in [-0.2, -0.15) is 4.98 Å². The van der Waals surface area contributed by atoms with Gasteiger partial charge >= 0.3 is 6.01 Å². The molecule has 25 heavy (non-hydrogen) atoms. The van der Waals surface area contributed by atoms with Crippen molar-refractivity contribution < 1.29 is 4.52 Å². The predicted octanol–water partition coefficient (Wildman–Crippen LogP) is 3.48. The number of anilines is 1. The summed E-state index contributed by atoms with van der Waals surface area (Å²) in [6.07, 6.45) is 7.09. The van der Waals surface area contributed by atoms with Gasteiger partial charge in [-0.3, -0.25) is 9.55 Å². The van der Waals surface area contributed by atoms with E-state index in [0.29, 0.717) is 11.8 Å². The number of hydrogen-bond donors (Lipinski definition) is 1. The van der Waals surface area contributed by atoms with E-state index in [1.165, 1.54) is 0 Å². The van der Waals surface area contributed by atoms with Gasteiger partial charge in [-0.25, -0.2) is 4.98 Å². The molecule has 125 valence electrons. The fraction of sp³-hybridized carbons (Fsp3) is 0.222. The fourth-order valence-corrected chi connectivity index (χ4v) is 2.52. The van der Waals surface area contributed by atoms with Crippen molar-refractivity contribution in [3.05, 3.63) is 49.1 Å². The van der Waals surface area contributed by atoms with E-state index >= 15 is 0 Å². The van der Waals surface area contributed by atoms with Gasteiger partial charge in [0.05, 0.1) is 11.9 Å². The van der Waals surface area contributed by atoms with Crippen LogP contribution in [0.25, 0.3) is 28.1 Å². The molecule has 0 amide bonds. The number of pyridine rings is 2. The third-order valence-corrected chi connectivity index (χ3v) is 3.56. The van der Waals surface area contributed by atoms with E-state index in [9.17, 15) is 0 Å². The van der Waals surface area contributed by atoms with Crippen LogP contribution in [0.2, 0.25) is 0 Å². The molecule has 0 spiro atoms. The zero-order valence-corrected chi connectivity index (χ0v) is 14.2.